The molecule has 2 aromatic rings. The molecule has 0 aliphatic rings. The maximum Gasteiger partial charge on any atom is 0.348 e. The third-order valence-corrected chi connectivity index (χ3v) is 4.28. The first-order valence-electron chi connectivity index (χ1n) is 6.64. The summed E-state index contributed by atoms with van der Waals surface area (Å²) in [6.07, 6.45) is 0.967. The molecule has 5 heteroatoms. The van der Waals surface area contributed by atoms with Crippen LogP contribution in [0.1, 0.15) is 32.8 Å². The molecule has 0 radical (unpaired) electrons. The van der Waals surface area contributed by atoms with Gasteiger partial charge in [0.05, 0.1) is 5.69 Å². The van der Waals surface area contributed by atoms with E-state index in [1.807, 2.05) is 31.2 Å². The third-order valence-electron chi connectivity index (χ3n) is 3.19. The Morgan fingerprint density at radius 1 is 1.19 bits per heavy atom. The molecular formula is C16H17NO3S. The molecule has 0 spiro atoms. The fourth-order valence-corrected chi connectivity index (χ4v) is 2.81. The van der Waals surface area contributed by atoms with Crippen LogP contribution in [-0.4, -0.2) is 17.0 Å². The summed E-state index contributed by atoms with van der Waals surface area (Å²) in [5.74, 6) is -1.18. The molecule has 1 amide bonds. The molecule has 0 bridgehead atoms. The van der Waals surface area contributed by atoms with E-state index >= 15 is 0 Å². The summed E-state index contributed by atoms with van der Waals surface area (Å²) in [5, 5.41) is 13.5. The number of rotatable bonds is 5. The van der Waals surface area contributed by atoms with Crippen molar-refractivity contribution in [2.45, 2.75) is 26.7 Å². The van der Waals surface area contributed by atoms with Crippen molar-refractivity contribution in [1.82, 2.24) is 0 Å². The zero-order valence-electron chi connectivity index (χ0n) is 12.0. The van der Waals surface area contributed by atoms with E-state index in [2.05, 4.69) is 5.32 Å². The van der Waals surface area contributed by atoms with E-state index in [0.29, 0.717) is 18.5 Å². The van der Waals surface area contributed by atoms with Gasteiger partial charge in [0.15, 0.2) is 0 Å². The van der Waals surface area contributed by atoms with E-state index < -0.39 is 5.97 Å². The molecule has 0 saturated carbocycles. The molecule has 1 aromatic heterocycles. The van der Waals surface area contributed by atoms with Crippen LogP contribution in [0.4, 0.5) is 5.69 Å². The lowest BCUT2D eigenvalue weighted by atomic mass is 10.1. The molecule has 2 N–H and O–H groups in total. The predicted octanol–water partition coefficient (Wildman–Crippen LogP) is 3.63. The van der Waals surface area contributed by atoms with Gasteiger partial charge in [0, 0.05) is 6.42 Å². The molecule has 1 aromatic carbocycles. The molecule has 21 heavy (non-hydrogen) atoms. The van der Waals surface area contributed by atoms with Crippen LogP contribution < -0.4 is 5.32 Å². The van der Waals surface area contributed by atoms with Crippen molar-refractivity contribution in [2.75, 3.05) is 5.32 Å². The molecule has 110 valence electrons. The third kappa shape index (κ3) is 3.92. The number of thiophene rings is 1. The van der Waals surface area contributed by atoms with Crippen molar-refractivity contribution in [3.8, 4) is 0 Å². The Kier molecular flexibility index (Phi) is 4.75. The number of amides is 1. The first kappa shape index (κ1) is 15.3. The summed E-state index contributed by atoms with van der Waals surface area (Å²) >= 11 is 1.13. The highest BCUT2D eigenvalue weighted by molar-refractivity contribution is 7.12. The fraction of sp³-hybridized carbons (Fsp3) is 0.250. The van der Waals surface area contributed by atoms with Crippen molar-refractivity contribution >= 4 is 28.9 Å². The highest BCUT2D eigenvalue weighted by Gasteiger charge is 2.17. The van der Waals surface area contributed by atoms with Crippen LogP contribution >= 0.6 is 11.3 Å². The lowest BCUT2D eigenvalue weighted by Gasteiger charge is -2.06. The molecule has 0 saturated heterocycles. The van der Waals surface area contributed by atoms with E-state index in [1.165, 1.54) is 5.56 Å². The van der Waals surface area contributed by atoms with Crippen molar-refractivity contribution in [2.24, 2.45) is 0 Å². The van der Waals surface area contributed by atoms with E-state index in [9.17, 15) is 9.59 Å². The Labute approximate surface area is 127 Å². The summed E-state index contributed by atoms with van der Waals surface area (Å²) < 4.78 is 0. The van der Waals surface area contributed by atoms with Gasteiger partial charge in [-0.2, -0.15) is 0 Å². The van der Waals surface area contributed by atoms with E-state index in [0.717, 1.165) is 22.5 Å². The molecule has 0 aliphatic carbocycles. The molecule has 2 rings (SSSR count). The van der Waals surface area contributed by atoms with Crippen molar-refractivity contribution in [1.29, 1.82) is 0 Å². The average molecular weight is 303 g/mol. The smallest absolute Gasteiger partial charge is 0.348 e. The standard InChI is InChI=1S/C16H17NO3S/c1-10-3-5-12(6-4-10)7-8-13(18)17-14-11(2)9-21-15(14)16(19)20/h3-6,9H,7-8H2,1-2H3,(H,17,18)(H,19,20). The molecular weight excluding hydrogens is 286 g/mol. The van der Waals surface area contributed by atoms with Gasteiger partial charge in [-0.25, -0.2) is 4.79 Å². The number of hydrogen-bond acceptors (Lipinski definition) is 3. The van der Waals surface area contributed by atoms with Gasteiger partial charge in [-0.05, 0) is 36.8 Å². The van der Waals surface area contributed by atoms with Gasteiger partial charge in [-0.1, -0.05) is 29.8 Å². The zero-order valence-corrected chi connectivity index (χ0v) is 12.8. The van der Waals surface area contributed by atoms with Gasteiger partial charge in [0.1, 0.15) is 4.88 Å². The summed E-state index contributed by atoms with van der Waals surface area (Å²) in [7, 11) is 0. The Morgan fingerprint density at radius 3 is 2.48 bits per heavy atom. The number of hydrogen-bond donors (Lipinski definition) is 2. The Bertz CT molecular complexity index is 659. The number of carboxylic acids is 1. The van der Waals surface area contributed by atoms with Gasteiger partial charge in [0.2, 0.25) is 5.91 Å². The lowest BCUT2D eigenvalue weighted by Crippen LogP contribution is -2.14. The second-order valence-corrected chi connectivity index (χ2v) is 5.84. The monoisotopic (exact) mass is 303 g/mol. The van der Waals surface area contributed by atoms with Gasteiger partial charge in [0.25, 0.3) is 0 Å². The van der Waals surface area contributed by atoms with Crippen LogP contribution in [0.3, 0.4) is 0 Å². The van der Waals surface area contributed by atoms with E-state index in [-0.39, 0.29) is 10.8 Å². The van der Waals surface area contributed by atoms with Crippen molar-refractivity contribution in [3.05, 3.63) is 51.2 Å². The lowest BCUT2D eigenvalue weighted by molar-refractivity contribution is -0.116. The summed E-state index contributed by atoms with van der Waals surface area (Å²) in [6.45, 7) is 3.81. The topological polar surface area (TPSA) is 66.4 Å². The van der Waals surface area contributed by atoms with Gasteiger partial charge in [-0.3, -0.25) is 4.79 Å². The first-order valence-corrected chi connectivity index (χ1v) is 7.52. The molecule has 0 aliphatic heterocycles. The van der Waals surface area contributed by atoms with E-state index in [4.69, 9.17) is 5.11 Å². The molecule has 0 atom stereocenters. The van der Waals surface area contributed by atoms with Crippen LogP contribution in [0.25, 0.3) is 0 Å². The normalized spacial score (nSPS) is 10.4. The quantitative estimate of drug-likeness (QED) is 0.886. The van der Waals surface area contributed by atoms with Crippen LogP contribution in [0.2, 0.25) is 0 Å². The Morgan fingerprint density at radius 2 is 1.86 bits per heavy atom. The average Bonchev–Trinajstić information content (AvgIpc) is 2.80. The minimum absolute atomic E-state index is 0.167. The molecule has 1 heterocycles. The SMILES string of the molecule is Cc1ccc(CCC(=O)Nc2c(C)csc2C(=O)O)cc1. The second kappa shape index (κ2) is 6.54. The maximum atomic E-state index is 12.0. The predicted molar refractivity (Wildman–Crippen MR) is 84.1 cm³/mol. The molecule has 0 unspecified atom stereocenters. The van der Waals surface area contributed by atoms with Crippen molar-refractivity contribution < 1.29 is 14.7 Å². The fourth-order valence-electron chi connectivity index (χ4n) is 1.97. The van der Waals surface area contributed by atoms with Gasteiger partial charge < -0.3 is 10.4 Å². The highest BCUT2D eigenvalue weighted by Crippen LogP contribution is 2.27. The molecule has 4 nitrogen and oxygen atoms in total. The van der Waals surface area contributed by atoms with Crippen LogP contribution in [0, 0.1) is 13.8 Å². The van der Waals surface area contributed by atoms with Crippen molar-refractivity contribution in [3.63, 3.8) is 0 Å². The number of nitrogens with one attached hydrogen (secondary N) is 1. The Hall–Kier alpha value is -2.14. The number of carbonyl (C=O) groups is 2. The number of anilines is 1. The number of carboxylic acid groups (broad SMARTS) is 1. The number of aromatic carboxylic acids is 1. The number of carbonyl (C=O) groups excluding carboxylic acids is 1. The van der Waals surface area contributed by atoms with Gasteiger partial charge in [-0.15, -0.1) is 11.3 Å². The minimum atomic E-state index is -1.01. The molecule has 0 fully saturated rings. The summed E-state index contributed by atoms with van der Waals surface area (Å²) in [4.78, 5) is 23.2. The Balaban J connectivity index is 1.97. The second-order valence-electron chi connectivity index (χ2n) is 4.96. The summed E-state index contributed by atoms with van der Waals surface area (Å²) in [6, 6.07) is 8.03. The van der Waals surface area contributed by atoms with Crippen LogP contribution in [-0.2, 0) is 11.2 Å². The summed E-state index contributed by atoms with van der Waals surface area (Å²) in [5.41, 5.74) is 3.47. The highest BCUT2D eigenvalue weighted by atomic mass is 32.1. The maximum absolute atomic E-state index is 12.0. The number of aryl methyl sites for hydroxylation is 3. The minimum Gasteiger partial charge on any atom is -0.477 e. The van der Waals surface area contributed by atoms with Crippen LogP contribution in [0.15, 0.2) is 29.6 Å². The van der Waals surface area contributed by atoms with E-state index in [1.54, 1.807) is 12.3 Å². The zero-order chi connectivity index (χ0) is 15.4. The number of benzene rings is 1. The van der Waals surface area contributed by atoms with Crippen LogP contribution in [0.5, 0.6) is 0 Å². The largest absolute Gasteiger partial charge is 0.477 e. The first-order chi connectivity index (χ1) is 9.97. The van der Waals surface area contributed by atoms with Gasteiger partial charge >= 0.3 is 5.97 Å².